The van der Waals surface area contributed by atoms with Gasteiger partial charge in [-0.15, -0.1) is 24.0 Å². The second-order valence-electron chi connectivity index (χ2n) is 4.89. The van der Waals surface area contributed by atoms with Crippen molar-refractivity contribution in [3.63, 3.8) is 0 Å². The Kier molecular flexibility index (Phi) is 9.54. The average molecular weight is 433 g/mol. The van der Waals surface area contributed by atoms with Gasteiger partial charge in [-0.2, -0.15) is 13.2 Å². The molecule has 0 aliphatic heterocycles. The third kappa shape index (κ3) is 8.50. The van der Waals surface area contributed by atoms with Gasteiger partial charge in [-0.3, -0.25) is 4.99 Å². The SMILES string of the molecule is CN=C(NCCCCC(F)(F)F)NC(C)c1ccc(C)o1.I. The van der Waals surface area contributed by atoms with E-state index in [-0.39, 0.29) is 36.4 Å². The van der Waals surface area contributed by atoms with Gasteiger partial charge in [0.2, 0.25) is 0 Å². The molecule has 1 aromatic rings. The molecule has 1 rings (SSSR count). The molecule has 0 amide bonds. The second kappa shape index (κ2) is 9.96. The monoisotopic (exact) mass is 433 g/mol. The van der Waals surface area contributed by atoms with E-state index in [0.717, 1.165) is 11.5 Å². The van der Waals surface area contributed by atoms with E-state index in [1.54, 1.807) is 7.05 Å². The van der Waals surface area contributed by atoms with Crippen molar-refractivity contribution in [2.24, 2.45) is 4.99 Å². The topological polar surface area (TPSA) is 49.6 Å². The third-order valence-corrected chi connectivity index (χ3v) is 2.94. The Labute approximate surface area is 146 Å². The van der Waals surface area contributed by atoms with E-state index in [1.165, 1.54) is 0 Å². The number of unbranched alkanes of at least 4 members (excludes halogenated alkanes) is 1. The number of guanidine groups is 1. The molecule has 0 saturated carbocycles. The Hall–Kier alpha value is -0.930. The molecule has 0 fully saturated rings. The number of halogens is 4. The molecule has 0 aliphatic carbocycles. The largest absolute Gasteiger partial charge is 0.464 e. The molecule has 0 spiro atoms. The smallest absolute Gasteiger partial charge is 0.389 e. The van der Waals surface area contributed by atoms with Gasteiger partial charge in [-0.1, -0.05) is 0 Å². The zero-order valence-electron chi connectivity index (χ0n) is 13.0. The van der Waals surface area contributed by atoms with Gasteiger partial charge in [-0.25, -0.2) is 0 Å². The lowest BCUT2D eigenvalue weighted by Gasteiger charge is -2.16. The number of hydrogen-bond donors (Lipinski definition) is 2. The third-order valence-electron chi connectivity index (χ3n) is 2.94. The van der Waals surface area contributed by atoms with Crippen molar-refractivity contribution < 1.29 is 17.6 Å². The Bertz CT molecular complexity index is 460. The highest BCUT2D eigenvalue weighted by Gasteiger charge is 2.25. The molecule has 0 aliphatic rings. The van der Waals surface area contributed by atoms with Gasteiger partial charge >= 0.3 is 6.18 Å². The van der Waals surface area contributed by atoms with E-state index in [9.17, 15) is 13.2 Å². The van der Waals surface area contributed by atoms with E-state index in [2.05, 4.69) is 15.6 Å². The predicted molar refractivity (Wildman–Crippen MR) is 91.7 cm³/mol. The minimum Gasteiger partial charge on any atom is -0.464 e. The summed E-state index contributed by atoms with van der Waals surface area (Å²) in [5.41, 5.74) is 0. The van der Waals surface area contributed by atoms with Crippen LogP contribution in [0.25, 0.3) is 0 Å². The number of hydrogen-bond acceptors (Lipinski definition) is 2. The lowest BCUT2D eigenvalue weighted by Crippen LogP contribution is -2.39. The molecule has 0 bridgehead atoms. The van der Waals surface area contributed by atoms with Crippen LogP contribution in [0, 0.1) is 6.92 Å². The number of nitrogens with zero attached hydrogens (tertiary/aromatic N) is 1. The lowest BCUT2D eigenvalue weighted by molar-refractivity contribution is -0.135. The van der Waals surface area contributed by atoms with Crippen LogP contribution in [0.5, 0.6) is 0 Å². The number of alkyl halides is 3. The van der Waals surface area contributed by atoms with Crippen LogP contribution in [0.3, 0.4) is 0 Å². The molecule has 1 atom stereocenters. The number of rotatable bonds is 6. The minimum atomic E-state index is -4.08. The molecule has 4 nitrogen and oxygen atoms in total. The number of nitrogens with one attached hydrogen (secondary N) is 2. The zero-order valence-corrected chi connectivity index (χ0v) is 15.3. The van der Waals surface area contributed by atoms with Crippen LogP contribution < -0.4 is 10.6 Å². The van der Waals surface area contributed by atoms with Crippen molar-refractivity contribution >= 4 is 29.9 Å². The van der Waals surface area contributed by atoms with Gasteiger partial charge in [0.05, 0.1) is 6.04 Å². The van der Waals surface area contributed by atoms with Gasteiger partial charge in [0, 0.05) is 20.0 Å². The summed E-state index contributed by atoms with van der Waals surface area (Å²) in [6.45, 7) is 4.23. The summed E-state index contributed by atoms with van der Waals surface area (Å²) < 4.78 is 41.5. The highest BCUT2D eigenvalue weighted by Crippen LogP contribution is 2.21. The van der Waals surface area contributed by atoms with Gasteiger partial charge in [0.1, 0.15) is 11.5 Å². The molecule has 1 heterocycles. The number of furan rings is 1. The van der Waals surface area contributed by atoms with Crippen molar-refractivity contribution in [1.82, 2.24) is 10.6 Å². The first-order chi connectivity index (χ1) is 9.81. The maximum absolute atomic E-state index is 12.0. The molecule has 0 saturated heterocycles. The van der Waals surface area contributed by atoms with Crippen molar-refractivity contribution in [2.45, 2.75) is 45.3 Å². The van der Waals surface area contributed by atoms with E-state index in [0.29, 0.717) is 18.9 Å². The minimum absolute atomic E-state index is 0. The molecule has 1 aromatic heterocycles. The normalized spacial score (nSPS) is 13.5. The molecule has 22 heavy (non-hydrogen) atoms. The van der Waals surface area contributed by atoms with Crippen LogP contribution in [0.2, 0.25) is 0 Å². The van der Waals surface area contributed by atoms with Crippen molar-refractivity contribution in [2.75, 3.05) is 13.6 Å². The maximum Gasteiger partial charge on any atom is 0.389 e. The van der Waals surface area contributed by atoms with Crippen LogP contribution >= 0.6 is 24.0 Å². The summed E-state index contributed by atoms with van der Waals surface area (Å²) in [5, 5.41) is 6.12. The molecule has 2 N–H and O–H groups in total. The summed E-state index contributed by atoms with van der Waals surface area (Å²) in [5.74, 6) is 2.16. The van der Waals surface area contributed by atoms with Gasteiger partial charge in [0.15, 0.2) is 5.96 Å². The van der Waals surface area contributed by atoms with E-state index < -0.39 is 12.6 Å². The number of aryl methyl sites for hydroxylation is 1. The zero-order chi connectivity index (χ0) is 15.9. The van der Waals surface area contributed by atoms with Gasteiger partial charge in [0.25, 0.3) is 0 Å². The van der Waals surface area contributed by atoms with Crippen LogP contribution in [0.15, 0.2) is 21.5 Å². The van der Waals surface area contributed by atoms with Crippen LogP contribution in [0.1, 0.15) is 43.7 Å². The quantitative estimate of drug-likeness (QED) is 0.307. The lowest BCUT2D eigenvalue weighted by atomic mass is 10.2. The molecule has 128 valence electrons. The summed E-state index contributed by atoms with van der Waals surface area (Å²) in [6, 6.07) is 3.69. The molecule has 0 radical (unpaired) electrons. The van der Waals surface area contributed by atoms with E-state index in [1.807, 2.05) is 26.0 Å². The van der Waals surface area contributed by atoms with Crippen molar-refractivity contribution in [3.8, 4) is 0 Å². The first kappa shape index (κ1) is 21.1. The van der Waals surface area contributed by atoms with Gasteiger partial charge < -0.3 is 15.1 Å². The van der Waals surface area contributed by atoms with Crippen LogP contribution in [-0.4, -0.2) is 25.7 Å². The Morgan fingerprint density at radius 2 is 2.00 bits per heavy atom. The molecule has 0 aromatic carbocycles. The first-order valence-electron chi connectivity index (χ1n) is 6.92. The summed E-state index contributed by atoms with van der Waals surface area (Å²) in [6.07, 6.45) is -4.27. The summed E-state index contributed by atoms with van der Waals surface area (Å²) >= 11 is 0. The molecular weight excluding hydrogens is 410 g/mol. The summed E-state index contributed by atoms with van der Waals surface area (Å²) in [4.78, 5) is 4.04. The highest BCUT2D eigenvalue weighted by molar-refractivity contribution is 14.0. The fourth-order valence-electron chi connectivity index (χ4n) is 1.81. The fourth-order valence-corrected chi connectivity index (χ4v) is 1.81. The highest BCUT2D eigenvalue weighted by atomic mass is 127. The fraction of sp³-hybridized carbons (Fsp3) is 0.643. The Balaban J connectivity index is 0.00000441. The van der Waals surface area contributed by atoms with Gasteiger partial charge in [-0.05, 0) is 38.8 Å². The summed E-state index contributed by atoms with van der Waals surface area (Å²) in [7, 11) is 1.62. The first-order valence-corrected chi connectivity index (χ1v) is 6.92. The molecular formula is C14H23F3IN3O. The van der Waals surface area contributed by atoms with E-state index in [4.69, 9.17) is 4.42 Å². The van der Waals surface area contributed by atoms with Crippen molar-refractivity contribution in [1.29, 1.82) is 0 Å². The van der Waals surface area contributed by atoms with E-state index >= 15 is 0 Å². The average Bonchev–Trinajstić information content (AvgIpc) is 2.82. The second-order valence-corrected chi connectivity index (χ2v) is 4.89. The van der Waals surface area contributed by atoms with Crippen LogP contribution in [-0.2, 0) is 0 Å². The van der Waals surface area contributed by atoms with Crippen molar-refractivity contribution in [3.05, 3.63) is 23.7 Å². The molecule has 1 unspecified atom stereocenters. The Morgan fingerprint density at radius 3 is 2.50 bits per heavy atom. The standard InChI is InChI=1S/C14H22F3N3O.HI/c1-10-6-7-12(21-10)11(2)20-13(18-3)19-9-5-4-8-14(15,16)17;/h6-7,11H,4-5,8-9H2,1-3H3,(H2,18,19,20);1H. The Morgan fingerprint density at radius 1 is 1.32 bits per heavy atom. The predicted octanol–water partition coefficient (Wildman–Crippen LogP) is 4.16. The number of aliphatic imine (C=N–C) groups is 1. The van der Waals surface area contributed by atoms with Crippen LogP contribution in [0.4, 0.5) is 13.2 Å². The molecule has 8 heteroatoms. The maximum atomic E-state index is 12.0.